The van der Waals surface area contributed by atoms with Crippen molar-refractivity contribution >= 4 is 29.2 Å². The maximum absolute atomic E-state index is 12.3. The lowest BCUT2D eigenvalue weighted by molar-refractivity contribution is 0.0651. The predicted molar refractivity (Wildman–Crippen MR) is 104 cm³/mol. The van der Waals surface area contributed by atoms with Gasteiger partial charge < -0.3 is 0 Å². The summed E-state index contributed by atoms with van der Waals surface area (Å²) in [7, 11) is 0. The van der Waals surface area contributed by atoms with E-state index in [2.05, 4.69) is 10.2 Å². The van der Waals surface area contributed by atoms with Crippen LogP contribution in [0.15, 0.2) is 53.8 Å². The van der Waals surface area contributed by atoms with Gasteiger partial charge in [-0.15, -0.1) is 10.2 Å². The Morgan fingerprint density at radius 3 is 2.30 bits per heavy atom. The van der Waals surface area contributed by atoms with Crippen molar-refractivity contribution in [1.82, 2.24) is 19.5 Å². The van der Waals surface area contributed by atoms with Crippen LogP contribution in [0.1, 0.15) is 46.4 Å². The van der Waals surface area contributed by atoms with Crippen LogP contribution in [0.2, 0.25) is 0 Å². The first kappa shape index (κ1) is 17.7. The fourth-order valence-corrected chi connectivity index (χ4v) is 4.17. The Morgan fingerprint density at radius 1 is 0.815 bits per heavy atom. The zero-order valence-corrected chi connectivity index (χ0v) is 15.7. The third-order valence-corrected chi connectivity index (χ3v) is 5.70. The van der Waals surface area contributed by atoms with E-state index in [1.807, 2.05) is 28.8 Å². The standard InChI is InChI=1S/C20H20N4O2S/c25-18-15-9-3-4-10-16(15)19(26)24(18)13-6-1-2-8-14-27-20-22-21-17-11-5-7-12-23(17)20/h3-5,7,9-12H,1-2,6,8,13-14H2. The molecule has 3 aromatic rings. The summed E-state index contributed by atoms with van der Waals surface area (Å²) in [6, 6.07) is 12.9. The molecule has 1 aromatic carbocycles. The number of carbonyl (C=O) groups is 2. The van der Waals surface area contributed by atoms with E-state index in [4.69, 9.17) is 0 Å². The molecule has 7 heteroatoms. The van der Waals surface area contributed by atoms with Crippen LogP contribution < -0.4 is 0 Å². The number of benzene rings is 1. The summed E-state index contributed by atoms with van der Waals surface area (Å²) >= 11 is 1.70. The molecule has 0 saturated heterocycles. The number of rotatable bonds is 8. The van der Waals surface area contributed by atoms with E-state index in [-0.39, 0.29) is 11.8 Å². The van der Waals surface area contributed by atoms with Crippen LogP contribution in [0.5, 0.6) is 0 Å². The molecular formula is C20H20N4O2S. The molecule has 27 heavy (non-hydrogen) atoms. The lowest BCUT2D eigenvalue weighted by Crippen LogP contribution is -2.30. The van der Waals surface area contributed by atoms with Crippen LogP contribution in [0.4, 0.5) is 0 Å². The van der Waals surface area contributed by atoms with Gasteiger partial charge in [-0.25, -0.2) is 0 Å². The van der Waals surface area contributed by atoms with Gasteiger partial charge in [-0.1, -0.05) is 42.8 Å². The van der Waals surface area contributed by atoms with Gasteiger partial charge >= 0.3 is 0 Å². The van der Waals surface area contributed by atoms with Crippen LogP contribution in [0.3, 0.4) is 0 Å². The number of thioether (sulfide) groups is 1. The minimum atomic E-state index is -0.162. The van der Waals surface area contributed by atoms with Crippen molar-refractivity contribution in [2.45, 2.75) is 30.8 Å². The molecule has 1 aliphatic rings. The monoisotopic (exact) mass is 380 g/mol. The molecule has 0 bridgehead atoms. The van der Waals surface area contributed by atoms with Crippen molar-refractivity contribution in [2.24, 2.45) is 0 Å². The first-order valence-electron chi connectivity index (χ1n) is 9.13. The molecule has 2 amide bonds. The summed E-state index contributed by atoms with van der Waals surface area (Å²) in [4.78, 5) is 26.0. The Balaban J connectivity index is 1.17. The first-order valence-corrected chi connectivity index (χ1v) is 10.1. The molecule has 0 N–H and O–H groups in total. The van der Waals surface area contributed by atoms with Gasteiger partial charge in [-0.3, -0.25) is 18.9 Å². The summed E-state index contributed by atoms with van der Waals surface area (Å²) in [5.41, 5.74) is 1.92. The molecular weight excluding hydrogens is 360 g/mol. The Kier molecular flexibility index (Phi) is 5.20. The zero-order valence-electron chi connectivity index (χ0n) is 14.9. The minimum Gasteiger partial charge on any atom is -0.277 e. The Morgan fingerprint density at radius 2 is 1.52 bits per heavy atom. The smallest absolute Gasteiger partial charge is 0.261 e. The highest BCUT2D eigenvalue weighted by Gasteiger charge is 2.34. The minimum absolute atomic E-state index is 0.162. The third kappa shape index (κ3) is 3.60. The van der Waals surface area contributed by atoms with Gasteiger partial charge in [0.25, 0.3) is 11.8 Å². The molecule has 2 aromatic heterocycles. The average molecular weight is 380 g/mol. The summed E-state index contributed by atoms with van der Waals surface area (Å²) in [5, 5.41) is 9.27. The second-order valence-electron chi connectivity index (χ2n) is 6.48. The fraction of sp³-hybridized carbons (Fsp3) is 0.300. The lowest BCUT2D eigenvalue weighted by atomic mass is 10.1. The molecule has 138 valence electrons. The average Bonchev–Trinajstić information content (AvgIpc) is 3.22. The molecule has 0 spiro atoms. The Hall–Kier alpha value is -2.67. The molecule has 0 atom stereocenters. The summed E-state index contributed by atoms with van der Waals surface area (Å²) in [6.45, 7) is 0.494. The number of amides is 2. The van der Waals surface area contributed by atoms with Gasteiger partial charge in [0, 0.05) is 18.5 Å². The lowest BCUT2D eigenvalue weighted by Gasteiger charge is -2.13. The number of hydrogen-bond donors (Lipinski definition) is 0. The van der Waals surface area contributed by atoms with E-state index in [0.29, 0.717) is 17.7 Å². The van der Waals surface area contributed by atoms with E-state index in [9.17, 15) is 9.59 Å². The van der Waals surface area contributed by atoms with Crippen molar-refractivity contribution in [3.05, 3.63) is 59.8 Å². The second kappa shape index (κ2) is 7.92. The number of imide groups is 1. The number of nitrogens with zero attached hydrogens (tertiary/aromatic N) is 4. The van der Waals surface area contributed by atoms with Crippen LogP contribution in [0, 0.1) is 0 Å². The highest BCUT2D eigenvalue weighted by molar-refractivity contribution is 7.99. The van der Waals surface area contributed by atoms with Gasteiger partial charge in [0.2, 0.25) is 0 Å². The van der Waals surface area contributed by atoms with E-state index >= 15 is 0 Å². The second-order valence-corrected chi connectivity index (χ2v) is 7.54. The van der Waals surface area contributed by atoms with Gasteiger partial charge in [-0.2, -0.15) is 0 Å². The van der Waals surface area contributed by atoms with Crippen molar-refractivity contribution < 1.29 is 9.59 Å². The Bertz CT molecular complexity index is 950. The predicted octanol–water partition coefficient (Wildman–Crippen LogP) is 3.68. The highest BCUT2D eigenvalue weighted by atomic mass is 32.2. The molecule has 0 radical (unpaired) electrons. The zero-order chi connectivity index (χ0) is 18.6. The molecule has 4 rings (SSSR count). The molecule has 0 saturated carbocycles. The number of unbranched alkanes of at least 4 members (excludes halogenated alkanes) is 3. The van der Waals surface area contributed by atoms with E-state index < -0.39 is 0 Å². The first-order chi connectivity index (χ1) is 13.3. The van der Waals surface area contributed by atoms with E-state index in [1.165, 1.54) is 4.90 Å². The Labute approximate surface area is 161 Å². The quantitative estimate of drug-likeness (QED) is 0.339. The van der Waals surface area contributed by atoms with Crippen molar-refractivity contribution in [1.29, 1.82) is 0 Å². The van der Waals surface area contributed by atoms with Gasteiger partial charge in [-0.05, 0) is 37.1 Å². The molecule has 6 nitrogen and oxygen atoms in total. The number of carbonyl (C=O) groups excluding carboxylic acids is 2. The molecule has 1 aliphatic heterocycles. The van der Waals surface area contributed by atoms with Crippen LogP contribution in [0.25, 0.3) is 5.65 Å². The van der Waals surface area contributed by atoms with E-state index in [1.54, 1.807) is 36.0 Å². The van der Waals surface area contributed by atoms with Gasteiger partial charge in [0.05, 0.1) is 11.1 Å². The molecule has 0 unspecified atom stereocenters. The summed E-state index contributed by atoms with van der Waals surface area (Å²) < 4.78 is 1.99. The molecule has 0 aliphatic carbocycles. The van der Waals surface area contributed by atoms with Gasteiger partial charge in [0.1, 0.15) is 0 Å². The molecule has 0 fully saturated rings. The topological polar surface area (TPSA) is 67.6 Å². The maximum Gasteiger partial charge on any atom is 0.261 e. The van der Waals surface area contributed by atoms with Crippen LogP contribution >= 0.6 is 11.8 Å². The number of pyridine rings is 1. The largest absolute Gasteiger partial charge is 0.277 e. The van der Waals surface area contributed by atoms with E-state index in [0.717, 1.165) is 42.2 Å². The number of hydrogen-bond acceptors (Lipinski definition) is 5. The SMILES string of the molecule is O=C1c2ccccc2C(=O)N1CCCCCCSc1nnc2ccccn12. The number of fused-ring (bicyclic) bond motifs is 2. The van der Waals surface area contributed by atoms with Gasteiger partial charge in [0.15, 0.2) is 10.8 Å². The van der Waals surface area contributed by atoms with Crippen LogP contribution in [-0.4, -0.2) is 43.6 Å². The van der Waals surface area contributed by atoms with Crippen molar-refractivity contribution in [3.8, 4) is 0 Å². The van der Waals surface area contributed by atoms with Crippen molar-refractivity contribution in [2.75, 3.05) is 12.3 Å². The maximum atomic E-state index is 12.3. The summed E-state index contributed by atoms with van der Waals surface area (Å²) in [5.74, 6) is 0.651. The number of aromatic nitrogens is 3. The normalized spacial score (nSPS) is 13.6. The third-order valence-electron chi connectivity index (χ3n) is 4.67. The molecule has 3 heterocycles. The van der Waals surface area contributed by atoms with Crippen LogP contribution in [-0.2, 0) is 0 Å². The highest BCUT2D eigenvalue weighted by Crippen LogP contribution is 2.23. The fourth-order valence-electron chi connectivity index (χ4n) is 3.25. The van der Waals surface area contributed by atoms with Crippen molar-refractivity contribution in [3.63, 3.8) is 0 Å². The summed E-state index contributed by atoms with van der Waals surface area (Å²) in [6.07, 6.45) is 5.93.